The summed E-state index contributed by atoms with van der Waals surface area (Å²) in [6.45, 7) is 3.49. The van der Waals surface area contributed by atoms with Gasteiger partial charge in [0.05, 0.1) is 6.61 Å². The number of pyridine rings is 1. The Labute approximate surface area is 101 Å². The summed E-state index contributed by atoms with van der Waals surface area (Å²) in [4.78, 5) is 4.18. The van der Waals surface area contributed by atoms with E-state index in [1.165, 1.54) is 0 Å². The third kappa shape index (κ3) is 2.74. The van der Waals surface area contributed by atoms with Crippen molar-refractivity contribution in [3.8, 4) is 5.75 Å². The molecule has 0 aliphatic heterocycles. The molecule has 3 nitrogen and oxygen atoms in total. The summed E-state index contributed by atoms with van der Waals surface area (Å²) in [6, 6.07) is 7.40. The largest absolute Gasteiger partial charge is 0.506 e. The zero-order chi connectivity index (χ0) is 12.1. The lowest BCUT2D eigenvalue weighted by molar-refractivity contribution is 0.119. The molecule has 0 saturated carbocycles. The Hall–Kier alpha value is -1.61. The van der Waals surface area contributed by atoms with Crippen molar-refractivity contribution in [3.05, 3.63) is 36.0 Å². The number of benzene rings is 1. The molecule has 1 N–H and O–H groups in total. The van der Waals surface area contributed by atoms with Crippen LogP contribution >= 0.6 is 0 Å². The van der Waals surface area contributed by atoms with Crippen molar-refractivity contribution in [2.45, 2.75) is 26.4 Å². The van der Waals surface area contributed by atoms with E-state index in [1.54, 1.807) is 12.3 Å². The van der Waals surface area contributed by atoms with Gasteiger partial charge in [0.25, 0.3) is 0 Å². The molecule has 0 atom stereocenters. The van der Waals surface area contributed by atoms with Crippen molar-refractivity contribution >= 4 is 10.9 Å². The van der Waals surface area contributed by atoms with Crippen molar-refractivity contribution in [2.24, 2.45) is 0 Å². The first-order chi connectivity index (χ1) is 8.33. The quantitative estimate of drug-likeness (QED) is 0.803. The number of ether oxygens (including phenoxy) is 1. The smallest absolute Gasteiger partial charge is 0.141 e. The fraction of sp³-hybridized carbons (Fsp3) is 0.357. The first-order valence-electron chi connectivity index (χ1n) is 5.96. The number of phenolic OH excluding ortho intramolecular Hbond substituents is 1. The minimum Gasteiger partial charge on any atom is -0.506 e. The lowest BCUT2D eigenvalue weighted by Crippen LogP contribution is -1.96. The summed E-state index contributed by atoms with van der Waals surface area (Å²) >= 11 is 0. The highest BCUT2D eigenvalue weighted by Crippen LogP contribution is 2.25. The molecule has 0 saturated heterocycles. The average molecular weight is 231 g/mol. The monoisotopic (exact) mass is 231 g/mol. The van der Waals surface area contributed by atoms with Crippen LogP contribution in [0.25, 0.3) is 10.9 Å². The Morgan fingerprint density at radius 3 is 3.00 bits per heavy atom. The summed E-state index contributed by atoms with van der Waals surface area (Å²) in [6.07, 6.45) is 3.90. The number of fused-ring (bicyclic) bond motifs is 1. The highest BCUT2D eigenvalue weighted by atomic mass is 16.5. The maximum atomic E-state index is 9.70. The van der Waals surface area contributed by atoms with Crippen molar-refractivity contribution in [1.82, 2.24) is 4.98 Å². The van der Waals surface area contributed by atoms with E-state index in [0.29, 0.717) is 12.1 Å². The zero-order valence-corrected chi connectivity index (χ0v) is 10.0. The Morgan fingerprint density at radius 2 is 2.18 bits per heavy atom. The van der Waals surface area contributed by atoms with Gasteiger partial charge in [-0.05, 0) is 24.1 Å². The van der Waals surface area contributed by atoms with Crippen LogP contribution < -0.4 is 0 Å². The maximum Gasteiger partial charge on any atom is 0.141 e. The Bertz CT molecular complexity index is 497. The molecule has 0 radical (unpaired) electrons. The van der Waals surface area contributed by atoms with Crippen LogP contribution in [-0.4, -0.2) is 16.7 Å². The molecule has 2 aromatic rings. The van der Waals surface area contributed by atoms with Gasteiger partial charge >= 0.3 is 0 Å². The van der Waals surface area contributed by atoms with Gasteiger partial charge in [-0.25, -0.2) is 0 Å². The van der Waals surface area contributed by atoms with Crippen LogP contribution in [0.4, 0.5) is 0 Å². The van der Waals surface area contributed by atoms with Gasteiger partial charge < -0.3 is 9.84 Å². The number of unbranched alkanes of at least 4 members (excludes halogenated alkanes) is 1. The Kier molecular flexibility index (Phi) is 3.94. The third-order valence-corrected chi connectivity index (χ3v) is 2.74. The van der Waals surface area contributed by atoms with Gasteiger partial charge in [0, 0.05) is 18.2 Å². The van der Waals surface area contributed by atoms with E-state index in [1.807, 2.05) is 18.2 Å². The van der Waals surface area contributed by atoms with Gasteiger partial charge in [-0.15, -0.1) is 0 Å². The first kappa shape index (κ1) is 11.9. The van der Waals surface area contributed by atoms with Crippen LogP contribution in [0.1, 0.15) is 25.3 Å². The molecular formula is C14H17NO2. The molecule has 3 heteroatoms. The number of nitrogens with zero attached hydrogens (tertiary/aromatic N) is 1. The van der Waals surface area contributed by atoms with Crippen LogP contribution in [0.15, 0.2) is 30.5 Å². The third-order valence-electron chi connectivity index (χ3n) is 2.74. The average Bonchev–Trinajstić information content (AvgIpc) is 2.37. The molecule has 0 unspecified atom stereocenters. The minimum atomic E-state index is 0.220. The molecule has 1 aromatic heterocycles. The molecule has 1 heterocycles. The summed E-state index contributed by atoms with van der Waals surface area (Å²) in [5, 5.41) is 10.7. The number of phenols is 1. The summed E-state index contributed by atoms with van der Waals surface area (Å²) < 4.78 is 5.60. The zero-order valence-electron chi connectivity index (χ0n) is 10.0. The summed E-state index contributed by atoms with van der Waals surface area (Å²) in [5.41, 5.74) is 1.71. The van der Waals surface area contributed by atoms with Gasteiger partial charge in [-0.3, -0.25) is 4.98 Å². The van der Waals surface area contributed by atoms with Crippen LogP contribution in [-0.2, 0) is 11.3 Å². The van der Waals surface area contributed by atoms with Gasteiger partial charge in [0.2, 0.25) is 0 Å². The molecule has 0 spiro atoms. The molecule has 0 amide bonds. The fourth-order valence-corrected chi connectivity index (χ4v) is 1.77. The van der Waals surface area contributed by atoms with E-state index >= 15 is 0 Å². The van der Waals surface area contributed by atoms with Crippen molar-refractivity contribution in [1.29, 1.82) is 0 Å². The minimum absolute atomic E-state index is 0.220. The fourth-order valence-electron chi connectivity index (χ4n) is 1.77. The number of hydrogen-bond donors (Lipinski definition) is 1. The summed E-state index contributed by atoms with van der Waals surface area (Å²) in [7, 11) is 0. The standard InChI is InChI=1S/C14H17NO2/c1-2-3-9-17-10-11-6-7-13(16)14-12(11)5-4-8-15-14/h4-8,16H,2-3,9-10H2,1H3. The summed E-state index contributed by atoms with van der Waals surface area (Å²) in [5.74, 6) is 0.220. The van der Waals surface area contributed by atoms with Gasteiger partial charge in [-0.1, -0.05) is 25.5 Å². The van der Waals surface area contributed by atoms with E-state index in [-0.39, 0.29) is 5.75 Å². The predicted octanol–water partition coefficient (Wildman–Crippen LogP) is 3.26. The first-order valence-corrected chi connectivity index (χ1v) is 5.96. The molecule has 90 valence electrons. The van der Waals surface area contributed by atoms with Gasteiger partial charge in [-0.2, -0.15) is 0 Å². The molecule has 1 aromatic carbocycles. The maximum absolute atomic E-state index is 9.70. The number of rotatable bonds is 5. The van der Waals surface area contributed by atoms with Crippen molar-refractivity contribution in [2.75, 3.05) is 6.61 Å². The van der Waals surface area contributed by atoms with E-state index in [2.05, 4.69) is 11.9 Å². The topological polar surface area (TPSA) is 42.4 Å². The number of hydrogen-bond acceptors (Lipinski definition) is 3. The van der Waals surface area contributed by atoms with Gasteiger partial charge in [0.15, 0.2) is 0 Å². The molecule has 0 aliphatic rings. The second kappa shape index (κ2) is 5.64. The van der Waals surface area contributed by atoms with Crippen LogP contribution in [0.3, 0.4) is 0 Å². The second-order valence-electron chi connectivity index (χ2n) is 4.05. The second-order valence-corrected chi connectivity index (χ2v) is 4.05. The van der Waals surface area contributed by atoms with E-state index < -0.39 is 0 Å². The highest BCUT2D eigenvalue weighted by Gasteiger charge is 2.05. The molecule has 2 rings (SSSR count). The Morgan fingerprint density at radius 1 is 1.29 bits per heavy atom. The van der Waals surface area contributed by atoms with Crippen LogP contribution in [0.2, 0.25) is 0 Å². The lowest BCUT2D eigenvalue weighted by atomic mass is 10.1. The number of aromatic nitrogens is 1. The van der Waals surface area contributed by atoms with Gasteiger partial charge in [0.1, 0.15) is 11.3 Å². The van der Waals surface area contributed by atoms with Crippen molar-refractivity contribution < 1.29 is 9.84 Å². The van der Waals surface area contributed by atoms with E-state index in [4.69, 9.17) is 4.74 Å². The molecular weight excluding hydrogens is 214 g/mol. The Balaban J connectivity index is 2.20. The normalized spacial score (nSPS) is 10.9. The van der Waals surface area contributed by atoms with E-state index in [9.17, 15) is 5.11 Å². The number of aromatic hydroxyl groups is 1. The molecule has 0 bridgehead atoms. The molecule has 17 heavy (non-hydrogen) atoms. The van der Waals surface area contributed by atoms with E-state index in [0.717, 1.165) is 30.4 Å². The lowest BCUT2D eigenvalue weighted by Gasteiger charge is -2.08. The van der Waals surface area contributed by atoms with Crippen LogP contribution in [0.5, 0.6) is 5.75 Å². The molecule has 0 fully saturated rings. The predicted molar refractivity (Wildman–Crippen MR) is 68.0 cm³/mol. The van der Waals surface area contributed by atoms with Crippen LogP contribution in [0, 0.1) is 0 Å². The SMILES string of the molecule is CCCCOCc1ccc(O)c2ncccc12. The van der Waals surface area contributed by atoms with Crippen molar-refractivity contribution in [3.63, 3.8) is 0 Å². The molecule has 0 aliphatic carbocycles. The highest BCUT2D eigenvalue weighted by molar-refractivity contribution is 5.86.